The molecule has 1 heterocycles. The molecule has 4 heteroatoms. The zero-order valence-electron chi connectivity index (χ0n) is 9.00. The second kappa shape index (κ2) is 4.57. The van der Waals surface area contributed by atoms with Crippen LogP contribution in [0.5, 0.6) is 0 Å². The van der Waals surface area contributed by atoms with Crippen molar-refractivity contribution < 1.29 is 9.52 Å². The van der Waals surface area contributed by atoms with Gasteiger partial charge in [-0.2, -0.15) is 0 Å². The zero-order valence-corrected chi connectivity index (χ0v) is 9.00. The van der Waals surface area contributed by atoms with E-state index in [9.17, 15) is 5.11 Å². The fraction of sp³-hybridized carbons (Fsp3) is 0.700. The van der Waals surface area contributed by atoms with E-state index in [0.29, 0.717) is 18.9 Å². The Balaban J connectivity index is 2.16. The highest BCUT2D eigenvalue weighted by atomic mass is 16.4. The lowest BCUT2D eigenvalue weighted by Gasteiger charge is -2.16. The monoisotopic (exact) mass is 198 g/mol. The van der Waals surface area contributed by atoms with Gasteiger partial charge in [0.15, 0.2) is 0 Å². The first kappa shape index (κ1) is 11.2. The van der Waals surface area contributed by atoms with Gasteiger partial charge in [-0.05, 0) is 33.7 Å². The van der Waals surface area contributed by atoms with E-state index in [0.717, 1.165) is 12.3 Å². The summed E-state index contributed by atoms with van der Waals surface area (Å²) in [7, 11) is 0. The summed E-state index contributed by atoms with van der Waals surface area (Å²) in [6, 6.07) is 0. The predicted molar refractivity (Wildman–Crippen MR) is 53.9 cm³/mol. The molecule has 0 aliphatic rings. The molecule has 0 aliphatic heterocycles. The SMILES string of the molecule is Cc1cnc(CNCCC(C)(C)O)o1. The lowest BCUT2D eigenvalue weighted by molar-refractivity contribution is 0.0709. The number of rotatable bonds is 5. The molecule has 0 saturated carbocycles. The van der Waals surface area contributed by atoms with Crippen LogP contribution in [0.25, 0.3) is 0 Å². The molecule has 0 spiro atoms. The van der Waals surface area contributed by atoms with Crippen LogP contribution in [0.2, 0.25) is 0 Å². The first-order chi connectivity index (χ1) is 6.47. The number of oxazole rings is 1. The summed E-state index contributed by atoms with van der Waals surface area (Å²) in [6.45, 7) is 6.83. The standard InChI is InChI=1S/C10H18N2O2/c1-8-6-12-9(14-8)7-11-5-4-10(2,3)13/h6,11,13H,4-5,7H2,1-3H3. The van der Waals surface area contributed by atoms with Gasteiger partial charge in [-0.3, -0.25) is 0 Å². The van der Waals surface area contributed by atoms with E-state index in [1.807, 2.05) is 6.92 Å². The Morgan fingerprint density at radius 2 is 2.29 bits per heavy atom. The molecule has 0 fully saturated rings. The summed E-state index contributed by atoms with van der Waals surface area (Å²) >= 11 is 0. The van der Waals surface area contributed by atoms with Gasteiger partial charge in [0.05, 0.1) is 18.3 Å². The van der Waals surface area contributed by atoms with Crippen LogP contribution in [-0.2, 0) is 6.54 Å². The highest BCUT2D eigenvalue weighted by Gasteiger charge is 2.11. The molecule has 0 atom stereocenters. The van der Waals surface area contributed by atoms with Crippen molar-refractivity contribution in [2.45, 2.75) is 39.3 Å². The number of hydrogen-bond donors (Lipinski definition) is 2. The summed E-state index contributed by atoms with van der Waals surface area (Å²) in [4.78, 5) is 4.06. The molecule has 0 radical (unpaired) electrons. The van der Waals surface area contributed by atoms with Crippen LogP contribution in [0, 0.1) is 6.92 Å². The van der Waals surface area contributed by atoms with Crippen LogP contribution < -0.4 is 5.32 Å². The summed E-state index contributed by atoms with van der Waals surface area (Å²) in [5, 5.41) is 12.6. The molecule has 80 valence electrons. The van der Waals surface area contributed by atoms with E-state index >= 15 is 0 Å². The maximum Gasteiger partial charge on any atom is 0.208 e. The molecule has 0 unspecified atom stereocenters. The molecule has 0 saturated heterocycles. The Morgan fingerprint density at radius 3 is 2.79 bits per heavy atom. The van der Waals surface area contributed by atoms with Crippen LogP contribution in [0.4, 0.5) is 0 Å². The quantitative estimate of drug-likeness (QED) is 0.699. The van der Waals surface area contributed by atoms with E-state index in [1.165, 1.54) is 0 Å². The molecule has 4 nitrogen and oxygen atoms in total. The number of hydrogen-bond acceptors (Lipinski definition) is 4. The highest BCUT2D eigenvalue weighted by Crippen LogP contribution is 2.05. The zero-order chi connectivity index (χ0) is 10.6. The average Bonchev–Trinajstić information content (AvgIpc) is 2.44. The van der Waals surface area contributed by atoms with Gasteiger partial charge in [-0.15, -0.1) is 0 Å². The minimum Gasteiger partial charge on any atom is -0.445 e. The van der Waals surface area contributed by atoms with Gasteiger partial charge >= 0.3 is 0 Å². The van der Waals surface area contributed by atoms with Crippen LogP contribution >= 0.6 is 0 Å². The maximum atomic E-state index is 9.44. The van der Waals surface area contributed by atoms with Crippen molar-refractivity contribution >= 4 is 0 Å². The molecular weight excluding hydrogens is 180 g/mol. The molecule has 14 heavy (non-hydrogen) atoms. The minimum atomic E-state index is -0.612. The second-order valence-electron chi connectivity index (χ2n) is 4.10. The fourth-order valence-corrected chi connectivity index (χ4v) is 1.07. The smallest absolute Gasteiger partial charge is 0.208 e. The minimum absolute atomic E-state index is 0.612. The number of aliphatic hydroxyl groups is 1. The van der Waals surface area contributed by atoms with Gasteiger partial charge in [0, 0.05) is 0 Å². The maximum absolute atomic E-state index is 9.44. The van der Waals surface area contributed by atoms with Crippen LogP contribution in [0.3, 0.4) is 0 Å². The molecule has 1 aromatic heterocycles. The number of nitrogens with one attached hydrogen (secondary N) is 1. The fourth-order valence-electron chi connectivity index (χ4n) is 1.07. The van der Waals surface area contributed by atoms with Crippen molar-refractivity contribution in [1.29, 1.82) is 0 Å². The third-order valence-corrected chi connectivity index (χ3v) is 1.86. The first-order valence-electron chi connectivity index (χ1n) is 4.82. The van der Waals surface area contributed by atoms with Crippen LogP contribution in [0.1, 0.15) is 31.9 Å². The third kappa shape index (κ3) is 4.39. The highest BCUT2D eigenvalue weighted by molar-refractivity contribution is 4.90. The van der Waals surface area contributed by atoms with E-state index in [1.54, 1.807) is 20.0 Å². The number of aryl methyl sites for hydroxylation is 1. The Bertz CT molecular complexity index is 276. The van der Waals surface area contributed by atoms with Crippen molar-refractivity contribution in [3.05, 3.63) is 17.8 Å². The molecule has 1 aromatic rings. The van der Waals surface area contributed by atoms with E-state index in [4.69, 9.17) is 4.42 Å². The van der Waals surface area contributed by atoms with Crippen LogP contribution in [0.15, 0.2) is 10.6 Å². The molecule has 0 bridgehead atoms. The topological polar surface area (TPSA) is 58.3 Å². The predicted octanol–water partition coefficient (Wildman–Crippen LogP) is 1.23. The largest absolute Gasteiger partial charge is 0.445 e. The van der Waals surface area contributed by atoms with Gasteiger partial charge in [-0.1, -0.05) is 0 Å². The molecule has 1 rings (SSSR count). The Morgan fingerprint density at radius 1 is 1.57 bits per heavy atom. The van der Waals surface area contributed by atoms with Gasteiger partial charge < -0.3 is 14.8 Å². The van der Waals surface area contributed by atoms with E-state index < -0.39 is 5.60 Å². The molecular formula is C10H18N2O2. The molecule has 0 aromatic carbocycles. The summed E-state index contributed by atoms with van der Waals surface area (Å²) in [5.74, 6) is 1.52. The van der Waals surface area contributed by atoms with Gasteiger partial charge in [0.1, 0.15) is 5.76 Å². The van der Waals surface area contributed by atoms with Gasteiger partial charge in [0.2, 0.25) is 5.89 Å². The summed E-state index contributed by atoms with van der Waals surface area (Å²) in [6.07, 6.45) is 2.42. The number of nitrogens with zero attached hydrogens (tertiary/aromatic N) is 1. The van der Waals surface area contributed by atoms with Gasteiger partial charge in [-0.25, -0.2) is 4.98 Å². The van der Waals surface area contributed by atoms with Crippen LogP contribution in [-0.4, -0.2) is 22.2 Å². The average molecular weight is 198 g/mol. The normalized spacial score (nSPS) is 12.0. The third-order valence-electron chi connectivity index (χ3n) is 1.86. The number of aromatic nitrogens is 1. The van der Waals surface area contributed by atoms with Crippen molar-refractivity contribution in [2.24, 2.45) is 0 Å². The lowest BCUT2D eigenvalue weighted by atomic mass is 10.1. The van der Waals surface area contributed by atoms with Crippen molar-refractivity contribution in [3.8, 4) is 0 Å². The van der Waals surface area contributed by atoms with Gasteiger partial charge in [0.25, 0.3) is 0 Å². The van der Waals surface area contributed by atoms with E-state index in [2.05, 4.69) is 10.3 Å². The summed E-state index contributed by atoms with van der Waals surface area (Å²) < 4.78 is 5.28. The Hall–Kier alpha value is -0.870. The molecule has 0 aliphatic carbocycles. The Kier molecular flexibility index (Phi) is 3.66. The van der Waals surface area contributed by atoms with E-state index in [-0.39, 0.29) is 0 Å². The Labute approximate surface area is 84.3 Å². The molecule has 0 amide bonds. The van der Waals surface area contributed by atoms with Crippen molar-refractivity contribution in [3.63, 3.8) is 0 Å². The first-order valence-corrected chi connectivity index (χ1v) is 4.82. The molecule has 2 N–H and O–H groups in total. The second-order valence-corrected chi connectivity index (χ2v) is 4.10. The van der Waals surface area contributed by atoms with Crippen molar-refractivity contribution in [2.75, 3.05) is 6.54 Å². The lowest BCUT2D eigenvalue weighted by Crippen LogP contribution is -2.26. The van der Waals surface area contributed by atoms with Crippen molar-refractivity contribution in [1.82, 2.24) is 10.3 Å². The summed E-state index contributed by atoms with van der Waals surface area (Å²) in [5.41, 5.74) is -0.612.